The smallest absolute Gasteiger partial charge is 0.354 e. The first-order chi connectivity index (χ1) is 13.4. The Labute approximate surface area is 162 Å². The minimum absolute atomic E-state index is 0.0454. The summed E-state index contributed by atoms with van der Waals surface area (Å²) in [6.45, 7) is 0.459. The van der Waals surface area contributed by atoms with E-state index in [-0.39, 0.29) is 25.1 Å². The van der Waals surface area contributed by atoms with Crippen molar-refractivity contribution >= 4 is 17.6 Å². The summed E-state index contributed by atoms with van der Waals surface area (Å²) in [5.74, 6) is -1.64. The molecule has 1 fully saturated rings. The number of aliphatic hydroxyl groups excluding tert-OH is 1. The molecule has 0 aliphatic carbocycles. The molecule has 8 nitrogen and oxygen atoms in total. The summed E-state index contributed by atoms with van der Waals surface area (Å²) in [7, 11) is 1.53. The van der Waals surface area contributed by atoms with Gasteiger partial charge >= 0.3 is 11.9 Å². The van der Waals surface area contributed by atoms with Crippen LogP contribution in [0.25, 0.3) is 0 Å². The van der Waals surface area contributed by atoms with Gasteiger partial charge in [0.2, 0.25) is 0 Å². The zero-order valence-corrected chi connectivity index (χ0v) is 15.4. The number of rotatable bonds is 6. The minimum Gasteiger partial charge on any atom is -0.497 e. The number of piperidine rings is 1. The SMILES string of the molecule is COc1cccc(C[C@@]2(C(=O)O)CN(c3ccnc(C(=O)O)c3)CC[C@H]2O)c1. The van der Waals surface area contributed by atoms with Gasteiger partial charge in [0, 0.05) is 25.0 Å². The van der Waals surface area contributed by atoms with Crippen molar-refractivity contribution in [3.8, 4) is 5.75 Å². The van der Waals surface area contributed by atoms with E-state index in [0.29, 0.717) is 18.0 Å². The highest BCUT2D eigenvalue weighted by Gasteiger charge is 2.49. The van der Waals surface area contributed by atoms with Gasteiger partial charge in [0.25, 0.3) is 0 Å². The lowest BCUT2D eigenvalue weighted by atomic mass is 9.72. The Morgan fingerprint density at radius 3 is 2.75 bits per heavy atom. The summed E-state index contributed by atoms with van der Waals surface area (Å²) in [6, 6.07) is 10.2. The number of anilines is 1. The fraction of sp³-hybridized carbons (Fsp3) is 0.350. The number of carbonyl (C=O) groups is 2. The molecular formula is C20H22N2O6. The molecule has 28 heavy (non-hydrogen) atoms. The van der Waals surface area contributed by atoms with Crippen LogP contribution >= 0.6 is 0 Å². The number of pyridine rings is 1. The van der Waals surface area contributed by atoms with Crippen LogP contribution in [0.2, 0.25) is 0 Å². The number of ether oxygens (including phenoxy) is 1. The van der Waals surface area contributed by atoms with E-state index in [1.807, 2.05) is 0 Å². The van der Waals surface area contributed by atoms with Crippen molar-refractivity contribution in [1.82, 2.24) is 4.98 Å². The Bertz CT molecular complexity index is 887. The van der Waals surface area contributed by atoms with Gasteiger partial charge in [-0.1, -0.05) is 12.1 Å². The topological polar surface area (TPSA) is 120 Å². The highest BCUT2D eigenvalue weighted by Crippen LogP contribution is 2.37. The number of benzene rings is 1. The maximum Gasteiger partial charge on any atom is 0.354 e. The van der Waals surface area contributed by atoms with E-state index in [0.717, 1.165) is 5.56 Å². The van der Waals surface area contributed by atoms with Crippen molar-refractivity contribution in [3.63, 3.8) is 0 Å². The lowest BCUT2D eigenvalue weighted by molar-refractivity contribution is -0.157. The first kappa shape index (κ1) is 19.6. The molecule has 0 radical (unpaired) electrons. The number of aromatic nitrogens is 1. The molecule has 0 unspecified atom stereocenters. The first-order valence-electron chi connectivity index (χ1n) is 8.84. The number of aromatic carboxylic acids is 1. The fourth-order valence-corrected chi connectivity index (χ4v) is 3.64. The minimum atomic E-state index is -1.43. The number of aliphatic hydroxyl groups is 1. The summed E-state index contributed by atoms with van der Waals surface area (Å²) >= 11 is 0. The summed E-state index contributed by atoms with van der Waals surface area (Å²) < 4.78 is 5.21. The van der Waals surface area contributed by atoms with E-state index in [1.54, 1.807) is 35.2 Å². The largest absolute Gasteiger partial charge is 0.497 e. The van der Waals surface area contributed by atoms with Crippen molar-refractivity contribution in [2.24, 2.45) is 5.41 Å². The van der Waals surface area contributed by atoms with Crippen molar-refractivity contribution in [2.75, 3.05) is 25.1 Å². The number of aliphatic carboxylic acids is 1. The Kier molecular flexibility index (Phi) is 5.51. The van der Waals surface area contributed by atoms with Crippen LogP contribution < -0.4 is 9.64 Å². The zero-order valence-electron chi connectivity index (χ0n) is 15.4. The fourth-order valence-electron chi connectivity index (χ4n) is 3.64. The van der Waals surface area contributed by atoms with Crippen LogP contribution in [0.1, 0.15) is 22.5 Å². The van der Waals surface area contributed by atoms with E-state index in [9.17, 15) is 19.8 Å². The number of carboxylic acid groups (broad SMARTS) is 2. The van der Waals surface area contributed by atoms with Gasteiger partial charge in [0.05, 0.1) is 13.2 Å². The molecule has 1 saturated heterocycles. The van der Waals surface area contributed by atoms with Gasteiger partial charge in [-0.25, -0.2) is 9.78 Å². The van der Waals surface area contributed by atoms with Crippen LogP contribution in [-0.4, -0.2) is 58.5 Å². The molecule has 3 rings (SSSR count). The van der Waals surface area contributed by atoms with Crippen LogP contribution in [0.3, 0.4) is 0 Å². The van der Waals surface area contributed by atoms with Gasteiger partial charge < -0.3 is 25.0 Å². The van der Waals surface area contributed by atoms with Crippen molar-refractivity contribution in [3.05, 3.63) is 53.9 Å². The molecule has 0 spiro atoms. The Morgan fingerprint density at radius 1 is 1.29 bits per heavy atom. The average molecular weight is 386 g/mol. The molecule has 1 aromatic heterocycles. The maximum absolute atomic E-state index is 12.3. The number of hydrogen-bond donors (Lipinski definition) is 3. The molecule has 2 atom stereocenters. The molecule has 0 saturated carbocycles. The van der Waals surface area contributed by atoms with Crippen LogP contribution in [0.4, 0.5) is 5.69 Å². The van der Waals surface area contributed by atoms with Crippen molar-refractivity contribution in [2.45, 2.75) is 18.9 Å². The second-order valence-corrected chi connectivity index (χ2v) is 6.92. The highest BCUT2D eigenvalue weighted by molar-refractivity contribution is 5.86. The monoisotopic (exact) mass is 386 g/mol. The molecule has 1 aromatic carbocycles. The van der Waals surface area contributed by atoms with Crippen LogP contribution in [0, 0.1) is 5.41 Å². The van der Waals surface area contributed by atoms with E-state index < -0.39 is 23.5 Å². The second-order valence-electron chi connectivity index (χ2n) is 6.92. The standard InChI is InChI=1S/C20H22N2O6/c1-28-15-4-2-3-13(9-15)11-20(19(26)27)12-22(8-6-17(20)23)14-5-7-21-16(10-14)18(24)25/h2-5,7,9-10,17,23H,6,8,11-12H2,1H3,(H,24,25)(H,26,27)/t17-,20-/m1/s1. The summed E-state index contributed by atoms with van der Waals surface area (Å²) in [5, 5.41) is 29.8. The molecule has 2 aromatic rings. The predicted molar refractivity (Wildman–Crippen MR) is 101 cm³/mol. The number of carboxylic acids is 2. The second kappa shape index (κ2) is 7.85. The zero-order chi connectivity index (χ0) is 20.3. The third-order valence-electron chi connectivity index (χ3n) is 5.19. The summed E-state index contributed by atoms with van der Waals surface area (Å²) in [4.78, 5) is 29.1. The molecule has 2 heterocycles. The van der Waals surface area contributed by atoms with Crippen LogP contribution in [-0.2, 0) is 11.2 Å². The van der Waals surface area contributed by atoms with Gasteiger partial charge in [-0.3, -0.25) is 4.79 Å². The Morgan fingerprint density at radius 2 is 2.07 bits per heavy atom. The predicted octanol–water partition coefficient (Wildman–Crippen LogP) is 1.67. The van der Waals surface area contributed by atoms with Gasteiger partial charge in [0.1, 0.15) is 16.9 Å². The first-order valence-corrected chi connectivity index (χ1v) is 8.84. The van der Waals surface area contributed by atoms with Crippen LogP contribution in [0.5, 0.6) is 5.75 Å². The normalized spacial score (nSPS) is 21.9. The number of hydrogen-bond acceptors (Lipinski definition) is 6. The lowest BCUT2D eigenvalue weighted by Gasteiger charge is -2.44. The van der Waals surface area contributed by atoms with Gasteiger partial charge in [-0.15, -0.1) is 0 Å². The molecule has 0 amide bonds. The van der Waals surface area contributed by atoms with Gasteiger partial charge in [0.15, 0.2) is 0 Å². The summed E-state index contributed by atoms with van der Waals surface area (Å²) in [5.41, 5.74) is -0.242. The average Bonchev–Trinajstić information content (AvgIpc) is 2.69. The summed E-state index contributed by atoms with van der Waals surface area (Å²) in [6.07, 6.45) is 0.719. The van der Waals surface area contributed by atoms with E-state index in [4.69, 9.17) is 9.84 Å². The van der Waals surface area contributed by atoms with Crippen LogP contribution in [0.15, 0.2) is 42.6 Å². The number of methoxy groups -OCH3 is 1. The third-order valence-corrected chi connectivity index (χ3v) is 5.19. The van der Waals surface area contributed by atoms with Gasteiger partial charge in [-0.05, 0) is 42.7 Å². The Hall–Kier alpha value is -3.13. The number of nitrogens with zero attached hydrogens (tertiary/aromatic N) is 2. The molecule has 1 aliphatic rings. The molecule has 0 bridgehead atoms. The molecule has 148 valence electrons. The third kappa shape index (κ3) is 3.77. The lowest BCUT2D eigenvalue weighted by Crippen LogP contribution is -2.57. The van der Waals surface area contributed by atoms with Gasteiger partial charge in [-0.2, -0.15) is 0 Å². The van der Waals surface area contributed by atoms with Crippen molar-refractivity contribution < 1.29 is 29.6 Å². The van der Waals surface area contributed by atoms with E-state index >= 15 is 0 Å². The maximum atomic E-state index is 12.3. The molecule has 3 N–H and O–H groups in total. The van der Waals surface area contributed by atoms with Crippen molar-refractivity contribution in [1.29, 1.82) is 0 Å². The molecule has 8 heteroatoms. The van der Waals surface area contributed by atoms with E-state index in [1.165, 1.54) is 19.4 Å². The Balaban J connectivity index is 1.94. The van der Waals surface area contributed by atoms with E-state index in [2.05, 4.69) is 4.98 Å². The molecule has 1 aliphatic heterocycles. The highest BCUT2D eigenvalue weighted by atomic mass is 16.5. The quantitative estimate of drug-likeness (QED) is 0.686. The molecular weight excluding hydrogens is 364 g/mol.